The Bertz CT molecular complexity index is 408. The number of hydrogen-bond acceptors (Lipinski definition) is 2. The van der Waals surface area contributed by atoms with E-state index in [9.17, 15) is 9.18 Å². The van der Waals surface area contributed by atoms with Crippen LogP contribution >= 0.6 is 22.6 Å². The lowest BCUT2D eigenvalue weighted by Crippen LogP contribution is -2.36. The summed E-state index contributed by atoms with van der Waals surface area (Å²) < 4.78 is 13.7. The first kappa shape index (κ1) is 9.70. The van der Waals surface area contributed by atoms with E-state index >= 15 is 0 Å². The molecule has 1 unspecified atom stereocenters. The Morgan fingerprint density at radius 2 is 2.14 bits per heavy atom. The summed E-state index contributed by atoms with van der Waals surface area (Å²) in [5.41, 5.74) is 1.27. The zero-order valence-electron chi connectivity index (χ0n) is 7.40. The van der Waals surface area contributed by atoms with Crippen molar-refractivity contribution in [1.29, 1.82) is 0 Å². The molecule has 0 spiro atoms. The molecule has 1 aromatic carbocycles. The van der Waals surface area contributed by atoms with E-state index in [4.69, 9.17) is 0 Å². The maximum absolute atomic E-state index is 13.2. The minimum atomic E-state index is -0.318. The van der Waals surface area contributed by atoms with Crippen molar-refractivity contribution in [2.24, 2.45) is 0 Å². The number of fused-ring (bicyclic) bond motifs is 1. The van der Waals surface area contributed by atoms with Crippen molar-refractivity contribution in [3.05, 3.63) is 21.5 Å². The lowest BCUT2D eigenvalue weighted by molar-refractivity contribution is -0.116. The van der Waals surface area contributed by atoms with E-state index in [1.54, 1.807) is 13.0 Å². The van der Waals surface area contributed by atoms with Crippen LogP contribution in [0, 0.1) is 9.39 Å². The first-order valence-corrected chi connectivity index (χ1v) is 5.22. The van der Waals surface area contributed by atoms with Crippen molar-refractivity contribution in [3.8, 4) is 0 Å². The normalized spacial score (nSPS) is 19.6. The van der Waals surface area contributed by atoms with Crippen LogP contribution in [-0.2, 0) is 4.79 Å². The number of anilines is 2. The van der Waals surface area contributed by atoms with Gasteiger partial charge in [0.2, 0.25) is 5.91 Å². The molecule has 14 heavy (non-hydrogen) atoms. The van der Waals surface area contributed by atoms with Crippen molar-refractivity contribution in [3.63, 3.8) is 0 Å². The van der Waals surface area contributed by atoms with E-state index in [0.717, 1.165) is 0 Å². The molecule has 0 aromatic heterocycles. The van der Waals surface area contributed by atoms with E-state index in [1.807, 2.05) is 22.6 Å². The van der Waals surface area contributed by atoms with Gasteiger partial charge in [0, 0.05) is 6.07 Å². The van der Waals surface area contributed by atoms with Crippen LogP contribution in [0.15, 0.2) is 12.1 Å². The number of hydrogen-bond donors (Lipinski definition) is 2. The van der Waals surface area contributed by atoms with Crippen molar-refractivity contribution in [2.45, 2.75) is 13.0 Å². The monoisotopic (exact) mass is 306 g/mol. The lowest BCUT2D eigenvalue weighted by Gasteiger charge is -2.24. The molecule has 1 heterocycles. The average Bonchev–Trinajstić information content (AvgIpc) is 2.11. The summed E-state index contributed by atoms with van der Waals surface area (Å²) in [6.07, 6.45) is 0. The Labute approximate surface area is 94.2 Å². The van der Waals surface area contributed by atoms with Crippen LogP contribution in [0.1, 0.15) is 6.92 Å². The van der Waals surface area contributed by atoms with Crippen LogP contribution in [0.5, 0.6) is 0 Å². The van der Waals surface area contributed by atoms with Crippen LogP contribution in [0.4, 0.5) is 15.8 Å². The maximum atomic E-state index is 13.2. The van der Waals surface area contributed by atoms with Gasteiger partial charge in [0.15, 0.2) is 0 Å². The third-order valence-corrected chi connectivity index (χ3v) is 2.91. The summed E-state index contributed by atoms with van der Waals surface area (Å²) in [4.78, 5) is 11.3. The number of carbonyl (C=O) groups excluding carboxylic acids is 1. The molecule has 1 aromatic rings. The summed E-state index contributed by atoms with van der Waals surface area (Å²) in [5, 5.41) is 5.63. The Morgan fingerprint density at radius 3 is 2.86 bits per heavy atom. The third-order valence-electron chi connectivity index (χ3n) is 2.08. The van der Waals surface area contributed by atoms with Gasteiger partial charge in [-0.25, -0.2) is 4.39 Å². The molecular formula is C9H8FIN2O. The van der Waals surface area contributed by atoms with Gasteiger partial charge in [-0.2, -0.15) is 0 Å². The van der Waals surface area contributed by atoms with Gasteiger partial charge in [-0.15, -0.1) is 0 Å². The lowest BCUT2D eigenvalue weighted by atomic mass is 10.1. The van der Waals surface area contributed by atoms with Crippen molar-refractivity contribution in [2.75, 3.05) is 10.6 Å². The second kappa shape index (κ2) is 3.38. The number of benzene rings is 1. The molecule has 2 N–H and O–H groups in total. The Balaban J connectivity index is 2.47. The SMILES string of the molecule is CC1Nc2cc(F)c(I)cc2NC1=O. The second-order valence-corrected chi connectivity index (χ2v) is 4.33. The summed E-state index contributed by atoms with van der Waals surface area (Å²) >= 11 is 1.89. The zero-order chi connectivity index (χ0) is 10.3. The molecule has 1 aliphatic heterocycles. The quantitative estimate of drug-likeness (QED) is 0.721. The number of carbonyl (C=O) groups is 1. The molecule has 2 rings (SSSR count). The summed E-state index contributed by atoms with van der Waals surface area (Å²) in [7, 11) is 0. The molecule has 74 valence electrons. The summed E-state index contributed by atoms with van der Waals surface area (Å²) in [6, 6.07) is 2.69. The van der Waals surface area contributed by atoms with E-state index in [-0.39, 0.29) is 17.8 Å². The zero-order valence-corrected chi connectivity index (χ0v) is 9.55. The van der Waals surface area contributed by atoms with E-state index in [0.29, 0.717) is 14.9 Å². The summed E-state index contributed by atoms with van der Waals surface area (Å²) in [6.45, 7) is 1.73. The Morgan fingerprint density at radius 1 is 1.43 bits per heavy atom. The van der Waals surface area contributed by atoms with Gasteiger partial charge in [0.25, 0.3) is 0 Å². The molecule has 3 nitrogen and oxygen atoms in total. The van der Waals surface area contributed by atoms with Gasteiger partial charge in [0.1, 0.15) is 11.9 Å². The molecule has 0 fully saturated rings. The highest BCUT2D eigenvalue weighted by Crippen LogP contribution is 2.30. The number of halogens is 2. The molecule has 0 aliphatic carbocycles. The molecule has 0 saturated carbocycles. The minimum Gasteiger partial charge on any atom is -0.372 e. The molecule has 1 amide bonds. The van der Waals surface area contributed by atoms with E-state index in [2.05, 4.69) is 10.6 Å². The first-order valence-electron chi connectivity index (χ1n) is 4.14. The van der Waals surface area contributed by atoms with Gasteiger partial charge < -0.3 is 10.6 Å². The van der Waals surface area contributed by atoms with Gasteiger partial charge in [0.05, 0.1) is 14.9 Å². The maximum Gasteiger partial charge on any atom is 0.246 e. The van der Waals surface area contributed by atoms with Crippen LogP contribution < -0.4 is 10.6 Å². The Kier molecular flexibility index (Phi) is 2.34. The molecule has 0 radical (unpaired) electrons. The largest absolute Gasteiger partial charge is 0.372 e. The van der Waals surface area contributed by atoms with Crippen molar-refractivity contribution in [1.82, 2.24) is 0 Å². The fourth-order valence-electron chi connectivity index (χ4n) is 1.31. The van der Waals surface area contributed by atoms with Crippen molar-refractivity contribution >= 4 is 39.9 Å². The Hall–Kier alpha value is -0.850. The molecule has 1 aliphatic rings. The summed E-state index contributed by atoms with van der Waals surface area (Å²) in [5.74, 6) is -0.375. The smallest absolute Gasteiger partial charge is 0.246 e. The van der Waals surface area contributed by atoms with Crippen molar-refractivity contribution < 1.29 is 9.18 Å². The van der Waals surface area contributed by atoms with Crippen LogP contribution in [0.3, 0.4) is 0 Å². The number of nitrogens with one attached hydrogen (secondary N) is 2. The molecule has 0 bridgehead atoms. The standard InChI is InChI=1S/C9H8FIN2O/c1-4-9(14)13-8-3-6(11)5(10)2-7(8)12-4/h2-4,12H,1H3,(H,13,14). The number of amides is 1. The highest BCUT2D eigenvalue weighted by molar-refractivity contribution is 14.1. The van der Waals surface area contributed by atoms with Gasteiger partial charge >= 0.3 is 0 Å². The highest BCUT2D eigenvalue weighted by Gasteiger charge is 2.22. The van der Waals surface area contributed by atoms with E-state index < -0.39 is 0 Å². The van der Waals surface area contributed by atoms with E-state index in [1.165, 1.54) is 6.07 Å². The molecule has 0 saturated heterocycles. The van der Waals surface area contributed by atoms with Crippen LogP contribution in [0.2, 0.25) is 0 Å². The van der Waals surface area contributed by atoms with Gasteiger partial charge in [-0.3, -0.25) is 4.79 Å². The minimum absolute atomic E-state index is 0.0973. The highest BCUT2D eigenvalue weighted by atomic mass is 127. The van der Waals surface area contributed by atoms with Crippen LogP contribution in [0.25, 0.3) is 0 Å². The van der Waals surface area contributed by atoms with Crippen LogP contribution in [-0.4, -0.2) is 11.9 Å². The molecular weight excluding hydrogens is 298 g/mol. The van der Waals surface area contributed by atoms with Gasteiger partial charge in [-0.05, 0) is 35.6 Å². The predicted molar refractivity (Wildman–Crippen MR) is 60.8 cm³/mol. The van der Waals surface area contributed by atoms with Gasteiger partial charge in [-0.1, -0.05) is 0 Å². The third kappa shape index (κ3) is 1.56. The average molecular weight is 306 g/mol. The second-order valence-electron chi connectivity index (χ2n) is 3.17. The number of rotatable bonds is 0. The topological polar surface area (TPSA) is 41.1 Å². The fourth-order valence-corrected chi connectivity index (χ4v) is 1.78. The molecule has 1 atom stereocenters. The first-order chi connectivity index (χ1) is 6.58. The fraction of sp³-hybridized carbons (Fsp3) is 0.222. The molecule has 5 heteroatoms. The predicted octanol–water partition coefficient (Wildman–Crippen LogP) is 2.18.